The molecule has 150 valence electrons. The van der Waals surface area contributed by atoms with Gasteiger partial charge in [-0.1, -0.05) is 6.07 Å². The van der Waals surface area contributed by atoms with Crippen LogP contribution < -0.4 is 11.2 Å². The molecule has 0 bridgehead atoms. The number of esters is 1. The second-order valence-corrected chi connectivity index (χ2v) is 7.21. The molecule has 0 saturated carbocycles. The zero-order valence-corrected chi connectivity index (χ0v) is 16.9. The highest BCUT2D eigenvalue weighted by molar-refractivity contribution is 5.77. The van der Waals surface area contributed by atoms with Crippen molar-refractivity contribution in [1.29, 1.82) is 0 Å². The van der Waals surface area contributed by atoms with Crippen LogP contribution in [0.3, 0.4) is 0 Å². The third-order valence-electron chi connectivity index (χ3n) is 5.01. The van der Waals surface area contributed by atoms with Crippen molar-refractivity contribution >= 4 is 22.9 Å². The van der Waals surface area contributed by atoms with Gasteiger partial charge in [-0.3, -0.25) is 23.1 Å². The van der Waals surface area contributed by atoms with Gasteiger partial charge >= 0.3 is 11.7 Å². The normalized spacial score (nSPS) is 11.5. The van der Waals surface area contributed by atoms with Crippen molar-refractivity contribution in [2.24, 2.45) is 7.05 Å². The van der Waals surface area contributed by atoms with E-state index in [1.807, 2.05) is 37.5 Å². The number of aryl methyl sites for hydroxylation is 4. The summed E-state index contributed by atoms with van der Waals surface area (Å²) in [6, 6.07) is 6.15. The molecule has 4 aromatic rings. The summed E-state index contributed by atoms with van der Waals surface area (Å²) in [4.78, 5) is 42.0. The van der Waals surface area contributed by atoms with Crippen LogP contribution in [0.1, 0.15) is 16.8 Å². The number of carbonyl (C=O) groups is 1. The van der Waals surface area contributed by atoms with Crippen LogP contribution in [0.25, 0.3) is 22.6 Å². The number of carbonyl (C=O) groups excluding carboxylic acids is 1. The number of methoxy groups -OCH3 is 1. The van der Waals surface area contributed by atoms with E-state index in [4.69, 9.17) is 0 Å². The van der Waals surface area contributed by atoms with E-state index >= 15 is 0 Å². The van der Waals surface area contributed by atoms with Crippen molar-refractivity contribution in [1.82, 2.24) is 23.1 Å². The number of hydrogen-bond donors (Lipinski definition) is 0. The van der Waals surface area contributed by atoms with Crippen LogP contribution in [0.5, 0.6) is 0 Å². The Morgan fingerprint density at radius 3 is 2.38 bits per heavy atom. The lowest BCUT2D eigenvalue weighted by atomic mass is 10.1. The standard InChI is InChI=1S/C20H21N5O4/c1-11-6-12(2)8-14(7-11)25-13(3)9-23-16-17(21-19(23)25)22(4)20(28)24(18(16)27)10-15(26)29-5/h6-9H,10H2,1-5H3. The molecular formula is C20H21N5O4. The molecule has 9 heteroatoms. The third-order valence-corrected chi connectivity index (χ3v) is 5.01. The van der Waals surface area contributed by atoms with E-state index in [2.05, 4.69) is 15.8 Å². The summed E-state index contributed by atoms with van der Waals surface area (Å²) in [5.41, 5.74) is 3.30. The van der Waals surface area contributed by atoms with Gasteiger partial charge in [0.05, 0.1) is 7.11 Å². The summed E-state index contributed by atoms with van der Waals surface area (Å²) < 4.78 is 10.4. The van der Waals surface area contributed by atoms with Gasteiger partial charge in [-0.15, -0.1) is 0 Å². The van der Waals surface area contributed by atoms with Gasteiger partial charge in [0, 0.05) is 24.6 Å². The topological polar surface area (TPSA) is 92.5 Å². The van der Waals surface area contributed by atoms with E-state index < -0.39 is 23.8 Å². The molecule has 0 saturated heterocycles. The summed E-state index contributed by atoms with van der Waals surface area (Å²) in [7, 11) is 2.74. The van der Waals surface area contributed by atoms with E-state index in [1.54, 1.807) is 10.6 Å². The number of aromatic nitrogens is 5. The first-order valence-electron chi connectivity index (χ1n) is 9.08. The van der Waals surface area contributed by atoms with E-state index in [0.717, 1.165) is 27.1 Å². The fraction of sp³-hybridized carbons (Fsp3) is 0.300. The van der Waals surface area contributed by atoms with Crippen LogP contribution in [-0.4, -0.2) is 36.2 Å². The van der Waals surface area contributed by atoms with Crippen molar-refractivity contribution < 1.29 is 9.53 Å². The molecular weight excluding hydrogens is 374 g/mol. The molecule has 0 fully saturated rings. The molecule has 0 aliphatic carbocycles. The average Bonchev–Trinajstić information content (AvgIpc) is 3.16. The van der Waals surface area contributed by atoms with Crippen LogP contribution in [-0.2, 0) is 23.1 Å². The number of benzene rings is 1. The van der Waals surface area contributed by atoms with Gasteiger partial charge in [-0.2, -0.15) is 4.98 Å². The number of nitrogens with zero attached hydrogens (tertiary/aromatic N) is 5. The first-order valence-corrected chi connectivity index (χ1v) is 9.08. The number of ether oxygens (including phenoxy) is 1. The molecule has 0 aliphatic rings. The molecule has 9 nitrogen and oxygen atoms in total. The Kier molecular flexibility index (Phi) is 4.18. The van der Waals surface area contributed by atoms with Crippen LogP contribution in [0, 0.1) is 20.8 Å². The Labute approximate surface area is 165 Å². The van der Waals surface area contributed by atoms with E-state index in [1.165, 1.54) is 18.7 Å². The molecule has 0 spiro atoms. The van der Waals surface area contributed by atoms with Gasteiger partial charge in [0.2, 0.25) is 5.78 Å². The lowest BCUT2D eigenvalue weighted by Gasteiger charge is -2.08. The number of hydrogen-bond acceptors (Lipinski definition) is 5. The highest BCUT2D eigenvalue weighted by Crippen LogP contribution is 2.22. The Hall–Kier alpha value is -3.62. The van der Waals surface area contributed by atoms with Crippen LogP contribution in [0.2, 0.25) is 0 Å². The van der Waals surface area contributed by atoms with Crippen LogP contribution in [0.15, 0.2) is 34.0 Å². The fourth-order valence-corrected chi connectivity index (χ4v) is 3.74. The summed E-state index contributed by atoms with van der Waals surface area (Å²) in [5, 5.41) is 0. The van der Waals surface area contributed by atoms with E-state index in [9.17, 15) is 14.4 Å². The smallest absolute Gasteiger partial charge is 0.333 e. The Morgan fingerprint density at radius 1 is 1.10 bits per heavy atom. The summed E-state index contributed by atoms with van der Waals surface area (Å²) in [5.74, 6) is -0.154. The molecule has 0 N–H and O–H groups in total. The average molecular weight is 395 g/mol. The second-order valence-electron chi connectivity index (χ2n) is 7.21. The molecule has 29 heavy (non-hydrogen) atoms. The van der Waals surface area contributed by atoms with Crippen molar-refractivity contribution in [3.63, 3.8) is 0 Å². The molecule has 0 unspecified atom stereocenters. The van der Waals surface area contributed by atoms with Gasteiger partial charge in [0.15, 0.2) is 11.2 Å². The maximum atomic E-state index is 13.1. The lowest BCUT2D eigenvalue weighted by molar-refractivity contribution is -0.141. The highest BCUT2D eigenvalue weighted by Gasteiger charge is 2.22. The lowest BCUT2D eigenvalue weighted by Crippen LogP contribution is -2.41. The minimum atomic E-state index is -0.673. The van der Waals surface area contributed by atoms with E-state index in [-0.39, 0.29) is 11.2 Å². The fourth-order valence-electron chi connectivity index (χ4n) is 3.74. The zero-order chi connectivity index (χ0) is 21.0. The molecule has 0 aliphatic heterocycles. The first kappa shape index (κ1) is 18.7. The highest BCUT2D eigenvalue weighted by atomic mass is 16.5. The summed E-state index contributed by atoms with van der Waals surface area (Å²) in [6.07, 6.45) is 1.80. The minimum Gasteiger partial charge on any atom is -0.468 e. The van der Waals surface area contributed by atoms with Crippen LogP contribution in [0.4, 0.5) is 0 Å². The van der Waals surface area contributed by atoms with Gasteiger partial charge in [-0.25, -0.2) is 9.36 Å². The van der Waals surface area contributed by atoms with Crippen LogP contribution >= 0.6 is 0 Å². The van der Waals surface area contributed by atoms with Gasteiger partial charge in [-0.05, 0) is 44.0 Å². The molecule has 3 aromatic heterocycles. The SMILES string of the molecule is COC(=O)Cn1c(=O)c2c(nc3n(-c4cc(C)cc(C)c4)c(C)cn23)n(C)c1=O. The number of fused-ring (bicyclic) bond motifs is 3. The molecule has 0 atom stereocenters. The summed E-state index contributed by atoms with van der Waals surface area (Å²) in [6.45, 7) is 5.50. The maximum Gasteiger partial charge on any atom is 0.333 e. The van der Waals surface area contributed by atoms with Gasteiger partial charge < -0.3 is 4.74 Å². The van der Waals surface area contributed by atoms with Crippen molar-refractivity contribution in [2.45, 2.75) is 27.3 Å². The summed E-state index contributed by atoms with van der Waals surface area (Å²) >= 11 is 0. The number of rotatable bonds is 3. The first-order chi connectivity index (χ1) is 13.7. The molecule has 3 heterocycles. The van der Waals surface area contributed by atoms with Crippen molar-refractivity contribution in [3.8, 4) is 5.69 Å². The zero-order valence-electron chi connectivity index (χ0n) is 16.9. The molecule has 4 rings (SSSR count). The quantitative estimate of drug-likeness (QED) is 0.487. The van der Waals surface area contributed by atoms with Crippen molar-refractivity contribution in [2.75, 3.05) is 7.11 Å². The molecule has 1 aromatic carbocycles. The van der Waals surface area contributed by atoms with E-state index in [0.29, 0.717) is 5.78 Å². The Morgan fingerprint density at radius 2 is 1.76 bits per heavy atom. The monoisotopic (exact) mass is 395 g/mol. The van der Waals surface area contributed by atoms with Gasteiger partial charge in [0.1, 0.15) is 6.54 Å². The maximum absolute atomic E-state index is 13.1. The van der Waals surface area contributed by atoms with Gasteiger partial charge in [0.25, 0.3) is 5.56 Å². The number of imidazole rings is 2. The predicted octanol–water partition coefficient (Wildman–Crippen LogP) is 1.24. The largest absolute Gasteiger partial charge is 0.468 e. The second kappa shape index (κ2) is 6.47. The Bertz CT molecular complexity index is 1400. The Balaban J connectivity index is 2.09. The minimum absolute atomic E-state index is 0.234. The molecule has 0 radical (unpaired) electrons. The van der Waals surface area contributed by atoms with Crippen molar-refractivity contribution in [3.05, 3.63) is 62.1 Å². The third kappa shape index (κ3) is 2.77. The predicted molar refractivity (Wildman–Crippen MR) is 108 cm³/mol. The molecule has 0 amide bonds.